The molecular weight excluding hydrogens is 570 g/mol. The largest absolute Gasteiger partial charge is 0.497 e. The zero-order chi connectivity index (χ0) is 31.2. The van der Waals surface area contributed by atoms with Gasteiger partial charge in [-0.3, -0.25) is 13.9 Å². The van der Waals surface area contributed by atoms with Gasteiger partial charge in [0.1, 0.15) is 31.5 Å². The van der Waals surface area contributed by atoms with E-state index < -0.39 is 34.1 Å². The summed E-state index contributed by atoms with van der Waals surface area (Å²) in [5.41, 5.74) is 0.457. The third kappa shape index (κ3) is 7.78. The molecule has 1 aliphatic heterocycles. The van der Waals surface area contributed by atoms with Gasteiger partial charge in [-0.15, -0.1) is 0 Å². The van der Waals surface area contributed by atoms with Crippen molar-refractivity contribution in [2.45, 2.75) is 57.1 Å². The summed E-state index contributed by atoms with van der Waals surface area (Å²) in [6, 6.07) is 19.0. The number of rotatable bonds is 11. The molecule has 0 radical (unpaired) electrons. The van der Waals surface area contributed by atoms with E-state index in [1.165, 1.54) is 17.0 Å². The van der Waals surface area contributed by atoms with Crippen molar-refractivity contribution in [3.05, 3.63) is 78.4 Å². The highest BCUT2D eigenvalue weighted by atomic mass is 32.2. The van der Waals surface area contributed by atoms with Gasteiger partial charge in [0.2, 0.25) is 11.8 Å². The summed E-state index contributed by atoms with van der Waals surface area (Å²) in [6.07, 6.45) is 0.319. The number of hydrogen-bond acceptors (Lipinski definition) is 7. The predicted molar refractivity (Wildman–Crippen MR) is 164 cm³/mol. The molecule has 0 bridgehead atoms. The van der Waals surface area contributed by atoms with Crippen molar-refractivity contribution in [1.29, 1.82) is 0 Å². The fraction of sp³-hybridized carbons (Fsp3) is 0.375. The lowest BCUT2D eigenvalue weighted by Crippen LogP contribution is -2.55. The second-order valence-electron chi connectivity index (χ2n) is 11.2. The lowest BCUT2D eigenvalue weighted by molar-refractivity contribution is -0.141. The Bertz CT molecular complexity index is 1520. The van der Waals surface area contributed by atoms with Crippen LogP contribution in [-0.4, -0.2) is 63.6 Å². The van der Waals surface area contributed by atoms with E-state index in [4.69, 9.17) is 14.2 Å². The van der Waals surface area contributed by atoms with Crippen LogP contribution in [0.3, 0.4) is 0 Å². The van der Waals surface area contributed by atoms with E-state index in [1.807, 2.05) is 39.8 Å². The maximum Gasteiger partial charge on any atom is 0.264 e. The molecular formula is C32H39N3O7S. The number of fused-ring (bicyclic) bond motifs is 1. The Morgan fingerprint density at radius 2 is 1.60 bits per heavy atom. The first-order chi connectivity index (χ1) is 20.4. The van der Waals surface area contributed by atoms with Crippen LogP contribution in [0.5, 0.6) is 17.2 Å². The van der Waals surface area contributed by atoms with Gasteiger partial charge in [-0.2, -0.15) is 0 Å². The Kier molecular flexibility index (Phi) is 9.85. The van der Waals surface area contributed by atoms with Crippen LogP contribution in [0.15, 0.2) is 77.7 Å². The van der Waals surface area contributed by atoms with Crippen molar-refractivity contribution in [3.8, 4) is 17.2 Å². The number of methoxy groups -OCH3 is 1. The summed E-state index contributed by atoms with van der Waals surface area (Å²) in [6.45, 7) is 7.64. The molecule has 10 nitrogen and oxygen atoms in total. The highest BCUT2D eigenvalue weighted by Crippen LogP contribution is 2.36. The van der Waals surface area contributed by atoms with Crippen LogP contribution in [0.2, 0.25) is 0 Å². The average molecular weight is 610 g/mol. The molecule has 0 aliphatic carbocycles. The Labute approximate surface area is 253 Å². The normalized spacial score (nSPS) is 13.5. The third-order valence-corrected chi connectivity index (χ3v) is 8.61. The summed E-state index contributed by atoms with van der Waals surface area (Å²) in [5.74, 6) is 0.660. The molecule has 0 fully saturated rings. The van der Waals surface area contributed by atoms with Crippen LogP contribution in [0.4, 0.5) is 5.69 Å². The first-order valence-corrected chi connectivity index (χ1v) is 15.6. The monoisotopic (exact) mass is 609 g/mol. The molecule has 3 aromatic carbocycles. The molecule has 0 saturated heterocycles. The van der Waals surface area contributed by atoms with Crippen LogP contribution < -0.4 is 23.8 Å². The van der Waals surface area contributed by atoms with Crippen molar-refractivity contribution in [1.82, 2.24) is 10.2 Å². The number of nitrogens with zero attached hydrogens (tertiary/aromatic N) is 2. The second kappa shape index (κ2) is 13.4. The van der Waals surface area contributed by atoms with Gasteiger partial charge in [-0.25, -0.2) is 8.42 Å². The molecule has 2 amide bonds. The smallest absolute Gasteiger partial charge is 0.264 e. The molecule has 0 aromatic heterocycles. The minimum atomic E-state index is -4.20. The number of sulfonamides is 1. The Hall–Kier alpha value is -4.25. The molecule has 4 rings (SSSR count). The van der Waals surface area contributed by atoms with E-state index in [1.54, 1.807) is 55.6 Å². The number of carbonyl (C=O) groups excluding carboxylic acids is 2. The molecule has 11 heteroatoms. The number of benzene rings is 3. The lowest BCUT2D eigenvalue weighted by atomic mass is 10.1. The van der Waals surface area contributed by atoms with Crippen LogP contribution >= 0.6 is 0 Å². The number of hydrogen-bond donors (Lipinski definition) is 1. The fourth-order valence-electron chi connectivity index (χ4n) is 4.74. The predicted octanol–water partition coefficient (Wildman–Crippen LogP) is 4.38. The van der Waals surface area contributed by atoms with E-state index in [0.29, 0.717) is 36.9 Å². The number of amides is 2. The van der Waals surface area contributed by atoms with Crippen LogP contribution in [0, 0.1) is 0 Å². The van der Waals surface area contributed by atoms with Crippen molar-refractivity contribution in [3.63, 3.8) is 0 Å². The van der Waals surface area contributed by atoms with Gasteiger partial charge in [-0.1, -0.05) is 37.3 Å². The topological polar surface area (TPSA) is 114 Å². The van der Waals surface area contributed by atoms with Gasteiger partial charge in [0, 0.05) is 18.2 Å². The van der Waals surface area contributed by atoms with Crippen molar-refractivity contribution >= 4 is 27.5 Å². The van der Waals surface area contributed by atoms with E-state index in [9.17, 15) is 18.0 Å². The molecule has 1 aliphatic rings. The summed E-state index contributed by atoms with van der Waals surface area (Å²) < 4.78 is 45.7. The van der Waals surface area contributed by atoms with E-state index >= 15 is 0 Å². The van der Waals surface area contributed by atoms with E-state index in [0.717, 1.165) is 9.87 Å². The van der Waals surface area contributed by atoms with Gasteiger partial charge in [0.05, 0.1) is 17.7 Å². The van der Waals surface area contributed by atoms with Crippen molar-refractivity contribution in [2.75, 3.05) is 31.2 Å². The molecule has 1 heterocycles. The first-order valence-electron chi connectivity index (χ1n) is 14.1. The van der Waals surface area contributed by atoms with Crippen molar-refractivity contribution in [2.24, 2.45) is 0 Å². The summed E-state index contributed by atoms with van der Waals surface area (Å²) >= 11 is 0. The third-order valence-electron chi connectivity index (χ3n) is 6.82. The van der Waals surface area contributed by atoms with Gasteiger partial charge < -0.3 is 24.4 Å². The highest BCUT2D eigenvalue weighted by Gasteiger charge is 2.35. The molecule has 0 saturated carbocycles. The van der Waals surface area contributed by atoms with Gasteiger partial charge in [-0.05, 0) is 69.2 Å². The number of carbonyl (C=O) groups is 2. The molecule has 0 unspecified atom stereocenters. The maximum absolute atomic E-state index is 14.3. The van der Waals surface area contributed by atoms with E-state index in [-0.39, 0.29) is 23.0 Å². The standard InChI is InChI=1S/C32H39N3O7S/c1-6-27(31(37)33-32(2,3)4)34(21-23-12-15-25(40-5)16-13-23)30(36)22-35(43(38,39)26-10-8-7-9-11-26)24-14-17-28-29(20-24)42-19-18-41-28/h7-17,20,27H,6,18-19,21-22H2,1-5H3,(H,33,37)/t27-/m0/s1. The molecule has 1 N–H and O–H groups in total. The Morgan fingerprint density at radius 1 is 0.953 bits per heavy atom. The zero-order valence-electron chi connectivity index (χ0n) is 25.2. The summed E-state index contributed by atoms with van der Waals surface area (Å²) in [4.78, 5) is 29.2. The maximum atomic E-state index is 14.3. The SMILES string of the molecule is CC[C@@H](C(=O)NC(C)(C)C)N(Cc1ccc(OC)cc1)C(=O)CN(c1ccc2c(c1)OCCO2)S(=O)(=O)c1ccccc1. The number of nitrogens with one attached hydrogen (secondary N) is 1. The Balaban J connectivity index is 1.75. The number of ether oxygens (including phenoxy) is 3. The molecule has 3 aromatic rings. The first kappa shape index (κ1) is 31.7. The summed E-state index contributed by atoms with van der Waals surface area (Å²) in [7, 11) is -2.64. The fourth-order valence-corrected chi connectivity index (χ4v) is 6.16. The Morgan fingerprint density at radius 3 is 2.21 bits per heavy atom. The zero-order valence-corrected chi connectivity index (χ0v) is 26.0. The van der Waals surface area contributed by atoms with E-state index in [2.05, 4.69) is 5.32 Å². The van der Waals surface area contributed by atoms with Crippen LogP contribution in [0.25, 0.3) is 0 Å². The van der Waals surface area contributed by atoms with Gasteiger partial charge in [0.15, 0.2) is 11.5 Å². The minimum Gasteiger partial charge on any atom is -0.497 e. The van der Waals surface area contributed by atoms with Crippen LogP contribution in [0.1, 0.15) is 39.7 Å². The van der Waals surface area contributed by atoms with Gasteiger partial charge >= 0.3 is 0 Å². The molecule has 1 atom stereocenters. The molecule has 43 heavy (non-hydrogen) atoms. The highest BCUT2D eigenvalue weighted by molar-refractivity contribution is 7.92. The average Bonchev–Trinajstić information content (AvgIpc) is 2.99. The lowest BCUT2D eigenvalue weighted by Gasteiger charge is -2.35. The van der Waals surface area contributed by atoms with Crippen LogP contribution in [-0.2, 0) is 26.2 Å². The second-order valence-corrected chi connectivity index (χ2v) is 13.0. The van der Waals surface area contributed by atoms with Gasteiger partial charge in [0.25, 0.3) is 10.0 Å². The quantitative estimate of drug-likeness (QED) is 0.343. The summed E-state index contributed by atoms with van der Waals surface area (Å²) in [5, 5.41) is 2.97. The molecule has 230 valence electrons. The van der Waals surface area contributed by atoms with Crippen molar-refractivity contribution < 1.29 is 32.2 Å². The molecule has 0 spiro atoms. The number of anilines is 1. The minimum absolute atomic E-state index is 0.0249.